The molecule has 108 valence electrons. The summed E-state index contributed by atoms with van der Waals surface area (Å²) in [7, 11) is 1.67. The molecule has 1 N–H and O–H groups in total. The van der Waals surface area contributed by atoms with E-state index in [-0.39, 0.29) is 0 Å². The molecule has 0 saturated heterocycles. The van der Waals surface area contributed by atoms with Crippen molar-refractivity contribution in [1.29, 1.82) is 0 Å². The molecule has 0 spiro atoms. The van der Waals surface area contributed by atoms with Gasteiger partial charge in [0.2, 0.25) is 5.88 Å². The standard InChI is InChI=1S/C13H23N3O3/c1-4-19-13-11(2)12(15-10-16-13)14-6-5-7-18-9-8-17-3/h10H,4-9H2,1-3H3,(H,14,15,16). The molecule has 0 atom stereocenters. The third-order valence-electron chi connectivity index (χ3n) is 2.51. The molecule has 1 rings (SSSR count). The Labute approximate surface area is 114 Å². The summed E-state index contributed by atoms with van der Waals surface area (Å²) < 4.78 is 15.7. The number of methoxy groups -OCH3 is 1. The minimum atomic E-state index is 0.602. The summed E-state index contributed by atoms with van der Waals surface area (Å²) in [5.74, 6) is 1.45. The average molecular weight is 269 g/mol. The van der Waals surface area contributed by atoms with Crippen molar-refractivity contribution in [2.45, 2.75) is 20.3 Å². The van der Waals surface area contributed by atoms with Crippen molar-refractivity contribution in [3.8, 4) is 5.88 Å². The van der Waals surface area contributed by atoms with Crippen LogP contribution < -0.4 is 10.1 Å². The molecule has 0 aliphatic carbocycles. The molecule has 0 radical (unpaired) electrons. The molecule has 6 nitrogen and oxygen atoms in total. The SMILES string of the molecule is CCOc1ncnc(NCCCOCCOC)c1C. The van der Waals surface area contributed by atoms with Crippen LogP contribution in [0, 0.1) is 6.92 Å². The summed E-state index contributed by atoms with van der Waals surface area (Å²) in [4.78, 5) is 8.30. The number of anilines is 1. The number of aromatic nitrogens is 2. The molecule has 6 heteroatoms. The molecule has 0 saturated carbocycles. The van der Waals surface area contributed by atoms with Gasteiger partial charge in [0.25, 0.3) is 0 Å². The van der Waals surface area contributed by atoms with E-state index in [1.54, 1.807) is 7.11 Å². The van der Waals surface area contributed by atoms with Gasteiger partial charge in [-0.1, -0.05) is 0 Å². The first kappa shape index (κ1) is 15.7. The van der Waals surface area contributed by atoms with Gasteiger partial charge in [0.15, 0.2) is 0 Å². The van der Waals surface area contributed by atoms with Crippen LogP contribution in [0.15, 0.2) is 6.33 Å². The lowest BCUT2D eigenvalue weighted by atomic mass is 10.3. The van der Waals surface area contributed by atoms with E-state index in [2.05, 4.69) is 15.3 Å². The van der Waals surface area contributed by atoms with Crippen LogP contribution in [-0.4, -0.2) is 50.1 Å². The van der Waals surface area contributed by atoms with Gasteiger partial charge >= 0.3 is 0 Å². The van der Waals surface area contributed by atoms with Gasteiger partial charge in [-0.15, -0.1) is 0 Å². The molecule has 0 aliphatic heterocycles. The Hall–Kier alpha value is -1.40. The van der Waals surface area contributed by atoms with Gasteiger partial charge in [-0.2, -0.15) is 0 Å². The highest BCUT2D eigenvalue weighted by Gasteiger charge is 2.06. The largest absolute Gasteiger partial charge is 0.478 e. The molecule has 1 aromatic heterocycles. The van der Waals surface area contributed by atoms with Gasteiger partial charge in [-0.05, 0) is 20.3 Å². The van der Waals surface area contributed by atoms with Crippen LogP contribution in [0.3, 0.4) is 0 Å². The van der Waals surface area contributed by atoms with Gasteiger partial charge in [0.05, 0.1) is 25.4 Å². The first-order chi connectivity index (χ1) is 9.29. The number of rotatable bonds is 10. The van der Waals surface area contributed by atoms with E-state index in [1.165, 1.54) is 6.33 Å². The van der Waals surface area contributed by atoms with Crippen LogP contribution in [0.5, 0.6) is 5.88 Å². The van der Waals surface area contributed by atoms with Crippen molar-refractivity contribution in [2.24, 2.45) is 0 Å². The fourth-order valence-electron chi connectivity index (χ4n) is 1.52. The predicted molar refractivity (Wildman–Crippen MR) is 73.7 cm³/mol. The second-order valence-corrected chi connectivity index (χ2v) is 3.97. The Bertz CT molecular complexity index is 361. The smallest absolute Gasteiger partial charge is 0.221 e. The highest BCUT2D eigenvalue weighted by Crippen LogP contribution is 2.19. The number of ether oxygens (including phenoxy) is 3. The van der Waals surface area contributed by atoms with E-state index < -0.39 is 0 Å². The molecule has 19 heavy (non-hydrogen) atoms. The summed E-state index contributed by atoms with van der Waals surface area (Å²) >= 11 is 0. The maximum absolute atomic E-state index is 5.42. The van der Waals surface area contributed by atoms with Crippen LogP contribution >= 0.6 is 0 Å². The second-order valence-electron chi connectivity index (χ2n) is 3.97. The Morgan fingerprint density at radius 3 is 2.79 bits per heavy atom. The summed E-state index contributed by atoms with van der Waals surface area (Å²) in [6, 6.07) is 0. The van der Waals surface area contributed by atoms with Crippen molar-refractivity contribution in [2.75, 3.05) is 45.4 Å². The second kappa shape index (κ2) is 9.52. The van der Waals surface area contributed by atoms with E-state index in [0.717, 1.165) is 24.3 Å². The number of nitrogens with one attached hydrogen (secondary N) is 1. The van der Waals surface area contributed by atoms with Crippen molar-refractivity contribution < 1.29 is 14.2 Å². The highest BCUT2D eigenvalue weighted by atomic mass is 16.5. The lowest BCUT2D eigenvalue weighted by molar-refractivity contribution is 0.0705. The maximum Gasteiger partial charge on any atom is 0.221 e. The Balaban J connectivity index is 2.27. The van der Waals surface area contributed by atoms with E-state index in [4.69, 9.17) is 14.2 Å². The molecule has 0 bridgehead atoms. The van der Waals surface area contributed by atoms with Crippen molar-refractivity contribution in [3.63, 3.8) is 0 Å². The van der Waals surface area contributed by atoms with Gasteiger partial charge in [0.1, 0.15) is 12.1 Å². The van der Waals surface area contributed by atoms with Crippen LogP contribution in [0.4, 0.5) is 5.82 Å². The Kier molecular flexibility index (Phi) is 7.84. The van der Waals surface area contributed by atoms with Crippen molar-refractivity contribution in [1.82, 2.24) is 9.97 Å². The summed E-state index contributed by atoms with van der Waals surface area (Å²) in [6.07, 6.45) is 2.42. The molecule has 1 aromatic rings. The molecule has 0 fully saturated rings. The number of nitrogens with zero attached hydrogens (tertiary/aromatic N) is 2. The minimum absolute atomic E-state index is 0.602. The molecule has 1 heterocycles. The zero-order valence-electron chi connectivity index (χ0n) is 11.9. The van der Waals surface area contributed by atoms with E-state index in [1.807, 2.05) is 13.8 Å². The van der Waals surface area contributed by atoms with E-state index in [0.29, 0.717) is 32.3 Å². The van der Waals surface area contributed by atoms with Crippen LogP contribution in [0.2, 0.25) is 0 Å². The lowest BCUT2D eigenvalue weighted by Crippen LogP contribution is -2.10. The molecular formula is C13H23N3O3. The van der Waals surface area contributed by atoms with Crippen LogP contribution in [-0.2, 0) is 9.47 Å². The lowest BCUT2D eigenvalue weighted by Gasteiger charge is -2.11. The third kappa shape index (κ3) is 5.85. The quantitative estimate of drug-likeness (QED) is 0.652. The zero-order valence-corrected chi connectivity index (χ0v) is 11.9. The topological polar surface area (TPSA) is 65.5 Å². The fourth-order valence-corrected chi connectivity index (χ4v) is 1.52. The zero-order chi connectivity index (χ0) is 13.9. The van der Waals surface area contributed by atoms with Gasteiger partial charge in [-0.3, -0.25) is 0 Å². The molecule has 0 aliphatic rings. The van der Waals surface area contributed by atoms with Crippen molar-refractivity contribution in [3.05, 3.63) is 11.9 Å². The average Bonchev–Trinajstić information content (AvgIpc) is 2.42. The van der Waals surface area contributed by atoms with Gasteiger partial charge in [0, 0.05) is 20.3 Å². The summed E-state index contributed by atoms with van der Waals surface area (Å²) in [5, 5.41) is 3.26. The van der Waals surface area contributed by atoms with E-state index in [9.17, 15) is 0 Å². The Morgan fingerprint density at radius 1 is 1.21 bits per heavy atom. The Morgan fingerprint density at radius 2 is 2.05 bits per heavy atom. The number of hydrogen-bond donors (Lipinski definition) is 1. The first-order valence-electron chi connectivity index (χ1n) is 6.54. The summed E-state index contributed by atoms with van der Waals surface area (Å²) in [5.41, 5.74) is 0.935. The highest BCUT2D eigenvalue weighted by molar-refractivity contribution is 5.47. The summed E-state index contributed by atoms with van der Waals surface area (Å²) in [6.45, 7) is 7.27. The molecular weight excluding hydrogens is 246 g/mol. The van der Waals surface area contributed by atoms with Gasteiger partial charge < -0.3 is 19.5 Å². The van der Waals surface area contributed by atoms with Crippen LogP contribution in [0.1, 0.15) is 18.9 Å². The monoisotopic (exact) mass is 269 g/mol. The molecule has 0 aromatic carbocycles. The fraction of sp³-hybridized carbons (Fsp3) is 0.692. The molecule has 0 amide bonds. The minimum Gasteiger partial charge on any atom is -0.478 e. The third-order valence-corrected chi connectivity index (χ3v) is 2.51. The number of hydrogen-bond acceptors (Lipinski definition) is 6. The first-order valence-corrected chi connectivity index (χ1v) is 6.54. The van der Waals surface area contributed by atoms with Crippen molar-refractivity contribution >= 4 is 5.82 Å². The molecule has 0 unspecified atom stereocenters. The maximum atomic E-state index is 5.42. The predicted octanol–water partition coefficient (Wildman–Crippen LogP) is 1.65. The van der Waals surface area contributed by atoms with Crippen LogP contribution in [0.25, 0.3) is 0 Å². The normalized spacial score (nSPS) is 10.5. The van der Waals surface area contributed by atoms with E-state index >= 15 is 0 Å². The van der Waals surface area contributed by atoms with Gasteiger partial charge in [-0.25, -0.2) is 9.97 Å².